The minimum atomic E-state index is -0.446. The normalized spacial score (nSPS) is 10.3. The lowest BCUT2D eigenvalue weighted by Crippen LogP contribution is -2.09. The molecule has 2 aromatic rings. The molecule has 0 saturated carbocycles. The van der Waals surface area contributed by atoms with Crippen molar-refractivity contribution in [3.63, 3.8) is 0 Å². The van der Waals surface area contributed by atoms with Crippen molar-refractivity contribution >= 4 is 6.47 Å². The van der Waals surface area contributed by atoms with Crippen LogP contribution < -0.4 is 14.2 Å². The van der Waals surface area contributed by atoms with Crippen molar-refractivity contribution in [3.8, 4) is 28.4 Å². The molecule has 0 bridgehead atoms. The van der Waals surface area contributed by atoms with Gasteiger partial charge in [0, 0.05) is 7.11 Å². The van der Waals surface area contributed by atoms with Gasteiger partial charge in [-0.3, -0.25) is 4.79 Å². The van der Waals surface area contributed by atoms with Crippen molar-refractivity contribution < 1.29 is 32.9 Å². The van der Waals surface area contributed by atoms with Gasteiger partial charge in [0.05, 0.1) is 13.7 Å². The van der Waals surface area contributed by atoms with Crippen LogP contribution in [0.15, 0.2) is 36.4 Å². The molecular formula is C19H21FO6. The number of rotatable bonds is 11. The average Bonchev–Trinajstić information content (AvgIpc) is 2.66. The molecule has 0 aliphatic rings. The fraction of sp³-hybridized carbons (Fsp3) is 0.316. The molecule has 0 N–H and O–H groups in total. The Bertz CT molecular complexity index is 719. The lowest BCUT2D eigenvalue weighted by molar-refractivity contribution is -0.129. The number of benzene rings is 2. The van der Waals surface area contributed by atoms with Crippen LogP contribution in [0.3, 0.4) is 0 Å². The van der Waals surface area contributed by atoms with E-state index in [0.29, 0.717) is 36.7 Å². The van der Waals surface area contributed by atoms with Crippen LogP contribution in [0.5, 0.6) is 17.2 Å². The van der Waals surface area contributed by atoms with Gasteiger partial charge in [-0.1, -0.05) is 12.1 Å². The van der Waals surface area contributed by atoms with E-state index in [1.807, 2.05) is 0 Å². The first kappa shape index (κ1) is 19.5. The van der Waals surface area contributed by atoms with Gasteiger partial charge in [0.15, 0.2) is 23.1 Å². The summed E-state index contributed by atoms with van der Waals surface area (Å²) in [4.78, 5) is 10.2. The van der Waals surface area contributed by atoms with E-state index < -0.39 is 5.82 Å². The fourth-order valence-corrected chi connectivity index (χ4v) is 2.25. The summed E-state index contributed by atoms with van der Waals surface area (Å²) in [5.74, 6) is 0.717. The average molecular weight is 364 g/mol. The first-order valence-corrected chi connectivity index (χ1v) is 7.97. The third-order valence-corrected chi connectivity index (χ3v) is 3.50. The summed E-state index contributed by atoms with van der Waals surface area (Å²) in [5.41, 5.74) is 1.44. The summed E-state index contributed by atoms with van der Waals surface area (Å²) >= 11 is 0. The number of hydrogen-bond donors (Lipinski definition) is 0. The second kappa shape index (κ2) is 10.2. The van der Waals surface area contributed by atoms with Crippen LogP contribution in [0.1, 0.15) is 0 Å². The summed E-state index contributed by atoms with van der Waals surface area (Å²) in [6.45, 7) is 1.43. The molecule has 0 saturated heterocycles. The van der Waals surface area contributed by atoms with Gasteiger partial charge in [0.2, 0.25) is 0 Å². The molecule has 0 spiro atoms. The Morgan fingerprint density at radius 1 is 0.846 bits per heavy atom. The molecule has 6 nitrogen and oxygen atoms in total. The number of ether oxygens (including phenoxy) is 5. The fourth-order valence-electron chi connectivity index (χ4n) is 2.25. The second-order valence-electron chi connectivity index (χ2n) is 5.17. The van der Waals surface area contributed by atoms with Gasteiger partial charge < -0.3 is 23.7 Å². The minimum Gasteiger partial charge on any atom is -0.494 e. The van der Waals surface area contributed by atoms with Gasteiger partial charge in [0.25, 0.3) is 6.47 Å². The summed E-state index contributed by atoms with van der Waals surface area (Å²) in [6.07, 6.45) is 0. The van der Waals surface area contributed by atoms with E-state index in [4.69, 9.17) is 18.9 Å². The molecular weight excluding hydrogens is 343 g/mol. The topological polar surface area (TPSA) is 63.2 Å². The maximum Gasteiger partial charge on any atom is 0.293 e. The molecule has 140 valence electrons. The highest BCUT2D eigenvalue weighted by molar-refractivity contribution is 5.68. The molecule has 2 aromatic carbocycles. The smallest absolute Gasteiger partial charge is 0.293 e. The minimum absolute atomic E-state index is 0.131. The molecule has 2 rings (SSSR count). The van der Waals surface area contributed by atoms with Crippen LogP contribution in [0, 0.1) is 5.82 Å². The molecule has 0 heterocycles. The lowest BCUT2D eigenvalue weighted by atomic mass is 10.0. The molecule has 0 aliphatic heterocycles. The number of halogens is 1. The Hall–Kier alpha value is -2.80. The number of carbonyl (C=O) groups excluding carboxylic acids is 1. The van der Waals surface area contributed by atoms with E-state index >= 15 is 0 Å². The standard InChI is InChI=1S/C19H21FO6/c1-22-7-9-26-19-12-15(4-6-18(19)25-10-8-24-13-21)14-3-5-17(23-2)16(20)11-14/h3-6,11-13H,7-10H2,1-2H3. The molecule has 0 radical (unpaired) electrons. The van der Waals surface area contributed by atoms with Crippen molar-refractivity contribution in [3.05, 3.63) is 42.2 Å². The van der Waals surface area contributed by atoms with Gasteiger partial charge >= 0.3 is 0 Å². The van der Waals surface area contributed by atoms with Gasteiger partial charge in [-0.25, -0.2) is 4.39 Å². The molecule has 26 heavy (non-hydrogen) atoms. The summed E-state index contributed by atoms with van der Waals surface area (Å²) in [6, 6.07) is 9.99. The monoisotopic (exact) mass is 364 g/mol. The summed E-state index contributed by atoms with van der Waals surface area (Å²) in [7, 11) is 2.99. The third-order valence-electron chi connectivity index (χ3n) is 3.50. The van der Waals surface area contributed by atoms with E-state index in [0.717, 1.165) is 5.56 Å². The van der Waals surface area contributed by atoms with E-state index in [1.54, 1.807) is 37.4 Å². The molecule has 0 aromatic heterocycles. The Morgan fingerprint density at radius 2 is 1.50 bits per heavy atom. The van der Waals surface area contributed by atoms with Crippen LogP contribution in [-0.4, -0.2) is 47.1 Å². The maximum atomic E-state index is 14.0. The van der Waals surface area contributed by atoms with Gasteiger partial charge in [-0.05, 0) is 35.4 Å². The molecule has 0 unspecified atom stereocenters. The van der Waals surface area contributed by atoms with E-state index in [2.05, 4.69) is 4.74 Å². The van der Waals surface area contributed by atoms with Crippen LogP contribution in [0.4, 0.5) is 4.39 Å². The van der Waals surface area contributed by atoms with Gasteiger partial charge in [0.1, 0.15) is 19.8 Å². The first-order chi connectivity index (χ1) is 12.7. The van der Waals surface area contributed by atoms with Crippen LogP contribution in [0.25, 0.3) is 11.1 Å². The predicted octanol–water partition coefficient (Wildman–Crippen LogP) is 3.08. The van der Waals surface area contributed by atoms with Crippen molar-refractivity contribution in [2.45, 2.75) is 0 Å². The number of hydrogen-bond acceptors (Lipinski definition) is 6. The SMILES string of the molecule is COCCOc1cc(-c2ccc(OC)c(F)c2)ccc1OCCOC=O. The molecule has 0 fully saturated rings. The zero-order valence-electron chi connectivity index (χ0n) is 14.7. The van der Waals surface area contributed by atoms with Crippen molar-refractivity contribution in [1.82, 2.24) is 0 Å². The molecule has 0 amide bonds. The van der Waals surface area contributed by atoms with Crippen LogP contribution in [0.2, 0.25) is 0 Å². The van der Waals surface area contributed by atoms with Crippen molar-refractivity contribution in [2.75, 3.05) is 40.6 Å². The van der Waals surface area contributed by atoms with Crippen molar-refractivity contribution in [1.29, 1.82) is 0 Å². The van der Waals surface area contributed by atoms with E-state index in [9.17, 15) is 9.18 Å². The summed E-state index contributed by atoms with van der Waals surface area (Å²) in [5, 5.41) is 0. The first-order valence-electron chi connectivity index (χ1n) is 7.97. The molecule has 0 aliphatic carbocycles. The number of carbonyl (C=O) groups is 1. The largest absolute Gasteiger partial charge is 0.494 e. The van der Waals surface area contributed by atoms with E-state index in [-0.39, 0.29) is 19.0 Å². The van der Waals surface area contributed by atoms with Gasteiger partial charge in [-0.2, -0.15) is 0 Å². The highest BCUT2D eigenvalue weighted by Crippen LogP contribution is 2.34. The zero-order chi connectivity index (χ0) is 18.8. The Labute approximate surface area is 151 Å². The Kier molecular flexibility index (Phi) is 7.70. The number of methoxy groups -OCH3 is 2. The quantitative estimate of drug-likeness (QED) is 0.451. The molecule has 7 heteroatoms. The highest BCUT2D eigenvalue weighted by Gasteiger charge is 2.11. The van der Waals surface area contributed by atoms with Crippen LogP contribution >= 0.6 is 0 Å². The predicted molar refractivity (Wildman–Crippen MR) is 93.3 cm³/mol. The zero-order valence-corrected chi connectivity index (χ0v) is 14.7. The lowest BCUT2D eigenvalue weighted by Gasteiger charge is -2.14. The second-order valence-corrected chi connectivity index (χ2v) is 5.17. The molecule has 0 atom stereocenters. The van der Waals surface area contributed by atoms with Crippen molar-refractivity contribution in [2.24, 2.45) is 0 Å². The third kappa shape index (κ3) is 5.35. The maximum absolute atomic E-state index is 14.0. The van der Waals surface area contributed by atoms with E-state index in [1.165, 1.54) is 13.2 Å². The van der Waals surface area contributed by atoms with Gasteiger partial charge in [-0.15, -0.1) is 0 Å². The summed E-state index contributed by atoms with van der Waals surface area (Å²) < 4.78 is 39.8. The van der Waals surface area contributed by atoms with Crippen LogP contribution in [-0.2, 0) is 14.3 Å². The Balaban J connectivity index is 2.23. The highest BCUT2D eigenvalue weighted by atomic mass is 19.1. The Morgan fingerprint density at radius 3 is 2.15 bits per heavy atom.